The summed E-state index contributed by atoms with van der Waals surface area (Å²) in [5.74, 6) is 3.13. The van der Waals surface area contributed by atoms with Crippen molar-refractivity contribution in [1.82, 2.24) is 0 Å². The Morgan fingerprint density at radius 2 is 1.08 bits per heavy atom. The van der Waals surface area contributed by atoms with E-state index in [4.69, 9.17) is 19.5 Å². The molecule has 0 amide bonds. The van der Waals surface area contributed by atoms with Crippen LogP contribution in [0.15, 0.2) is 9.98 Å². The molecule has 0 aromatic rings. The minimum atomic E-state index is -0.327. The van der Waals surface area contributed by atoms with E-state index in [-0.39, 0.29) is 5.41 Å². The number of ether oxygens (including phenoxy) is 2. The lowest BCUT2D eigenvalue weighted by Gasteiger charge is -2.24. The van der Waals surface area contributed by atoms with Crippen molar-refractivity contribution >= 4 is 11.8 Å². The first-order valence-electron chi connectivity index (χ1n) is 10.6. The molecule has 4 rings (SSSR count). The van der Waals surface area contributed by atoms with Crippen LogP contribution in [-0.2, 0) is 9.47 Å². The van der Waals surface area contributed by atoms with E-state index in [1.165, 1.54) is 64.2 Å². The van der Waals surface area contributed by atoms with Crippen molar-refractivity contribution in [2.75, 3.05) is 13.2 Å². The van der Waals surface area contributed by atoms with Crippen LogP contribution in [0.5, 0.6) is 0 Å². The molecule has 2 fully saturated rings. The summed E-state index contributed by atoms with van der Waals surface area (Å²) < 4.78 is 12.1. The molecule has 4 nitrogen and oxygen atoms in total. The zero-order chi connectivity index (χ0) is 17.3. The summed E-state index contributed by atoms with van der Waals surface area (Å²) in [6, 6.07) is 0.705. The van der Waals surface area contributed by atoms with Gasteiger partial charge in [0.1, 0.15) is 18.6 Å². The first-order valence-corrected chi connectivity index (χ1v) is 10.6. The first-order chi connectivity index (χ1) is 12.1. The molecule has 0 radical (unpaired) electrons. The SMILES string of the molecule is CC(C)(C1=NC(C2CCCCC2)CO1)C1=NC(C2CCCCC2)CO1. The van der Waals surface area contributed by atoms with Gasteiger partial charge in [-0.2, -0.15) is 0 Å². The van der Waals surface area contributed by atoms with E-state index in [0.29, 0.717) is 23.9 Å². The molecule has 2 atom stereocenters. The molecule has 140 valence electrons. The van der Waals surface area contributed by atoms with Crippen LogP contribution in [0, 0.1) is 17.3 Å². The molecule has 0 aromatic heterocycles. The zero-order valence-corrected chi connectivity index (χ0v) is 16.0. The van der Waals surface area contributed by atoms with Crippen LogP contribution >= 0.6 is 0 Å². The second-order valence-electron chi connectivity index (χ2n) is 9.05. The van der Waals surface area contributed by atoms with Crippen molar-refractivity contribution in [2.24, 2.45) is 27.2 Å². The van der Waals surface area contributed by atoms with Crippen molar-refractivity contribution in [3.8, 4) is 0 Å². The molecule has 0 spiro atoms. The smallest absolute Gasteiger partial charge is 0.199 e. The monoisotopic (exact) mass is 346 g/mol. The molecular weight excluding hydrogens is 312 g/mol. The topological polar surface area (TPSA) is 43.2 Å². The summed E-state index contributed by atoms with van der Waals surface area (Å²) in [7, 11) is 0. The van der Waals surface area contributed by atoms with Crippen molar-refractivity contribution in [3.63, 3.8) is 0 Å². The van der Waals surface area contributed by atoms with Crippen molar-refractivity contribution < 1.29 is 9.47 Å². The highest BCUT2D eigenvalue weighted by molar-refractivity contribution is 6.05. The van der Waals surface area contributed by atoms with Gasteiger partial charge < -0.3 is 9.47 Å². The van der Waals surface area contributed by atoms with Crippen LogP contribution in [0.1, 0.15) is 78.1 Å². The molecule has 2 saturated carbocycles. The van der Waals surface area contributed by atoms with Gasteiger partial charge in [-0.3, -0.25) is 0 Å². The minimum Gasteiger partial charge on any atom is -0.478 e. The van der Waals surface area contributed by atoms with Gasteiger partial charge in [0.15, 0.2) is 11.8 Å². The standard InChI is InChI=1S/C21H34N2O2/c1-21(2,19-22-17(13-24-19)15-9-5-3-6-10-15)20-23-18(14-25-20)16-11-7-4-8-12-16/h15-18H,3-14H2,1-2H3. The first kappa shape index (κ1) is 17.4. The van der Waals surface area contributed by atoms with Gasteiger partial charge in [-0.05, 0) is 51.4 Å². The fraction of sp³-hybridized carbons (Fsp3) is 0.905. The normalized spacial score (nSPS) is 32.1. The zero-order valence-electron chi connectivity index (χ0n) is 16.0. The van der Waals surface area contributed by atoms with Gasteiger partial charge in [-0.1, -0.05) is 38.5 Å². The third-order valence-corrected chi connectivity index (χ3v) is 6.81. The van der Waals surface area contributed by atoms with E-state index >= 15 is 0 Å². The molecule has 4 heteroatoms. The summed E-state index contributed by atoms with van der Waals surface area (Å²) >= 11 is 0. The van der Waals surface area contributed by atoms with E-state index in [0.717, 1.165) is 25.0 Å². The summed E-state index contributed by atoms with van der Waals surface area (Å²) in [5.41, 5.74) is -0.327. The Bertz CT molecular complexity index is 482. The molecule has 2 heterocycles. The second kappa shape index (κ2) is 7.28. The van der Waals surface area contributed by atoms with Crippen molar-refractivity contribution in [1.29, 1.82) is 0 Å². The minimum absolute atomic E-state index is 0.327. The molecule has 25 heavy (non-hydrogen) atoms. The van der Waals surface area contributed by atoms with Crippen LogP contribution in [-0.4, -0.2) is 37.1 Å². The van der Waals surface area contributed by atoms with Crippen molar-refractivity contribution in [2.45, 2.75) is 90.1 Å². The number of nitrogens with zero attached hydrogens (tertiary/aromatic N) is 2. The van der Waals surface area contributed by atoms with Gasteiger partial charge in [-0.15, -0.1) is 0 Å². The summed E-state index contributed by atoms with van der Waals surface area (Å²) in [6.07, 6.45) is 13.4. The van der Waals surface area contributed by atoms with Crippen molar-refractivity contribution in [3.05, 3.63) is 0 Å². The summed E-state index contributed by atoms with van der Waals surface area (Å²) in [5, 5.41) is 0. The molecule has 0 aromatic carbocycles. The molecule has 0 N–H and O–H groups in total. The Morgan fingerprint density at radius 3 is 1.48 bits per heavy atom. The molecule has 2 aliphatic carbocycles. The molecule has 2 aliphatic heterocycles. The maximum absolute atomic E-state index is 6.07. The maximum Gasteiger partial charge on any atom is 0.199 e. The number of hydrogen-bond acceptors (Lipinski definition) is 4. The summed E-state index contributed by atoms with van der Waals surface area (Å²) in [6.45, 7) is 5.83. The largest absolute Gasteiger partial charge is 0.478 e. The van der Waals surface area contributed by atoms with E-state index in [2.05, 4.69) is 13.8 Å². The van der Waals surface area contributed by atoms with Crippen LogP contribution < -0.4 is 0 Å². The number of rotatable bonds is 4. The highest BCUT2D eigenvalue weighted by atomic mass is 16.5. The van der Waals surface area contributed by atoms with Gasteiger partial charge in [-0.25, -0.2) is 9.98 Å². The molecule has 0 bridgehead atoms. The Labute approximate surface area is 152 Å². The Morgan fingerprint density at radius 1 is 0.680 bits per heavy atom. The highest BCUT2D eigenvalue weighted by Crippen LogP contribution is 2.36. The number of hydrogen-bond donors (Lipinski definition) is 0. The molecule has 0 saturated heterocycles. The molecular formula is C21H34N2O2. The van der Waals surface area contributed by atoms with Crippen LogP contribution in [0.3, 0.4) is 0 Å². The average Bonchev–Trinajstić information content (AvgIpc) is 3.34. The number of aliphatic imine (C=N–C) groups is 2. The quantitative estimate of drug-likeness (QED) is 0.736. The second-order valence-corrected chi connectivity index (χ2v) is 9.05. The molecule has 4 aliphatic rings. The Kier molecular flexibility index (Phi) is 5.06. The van der Waals surface area contributed by atoms with E-state index in [1.807, 2.05) is 0 Å². The Balaban J connectivity index is 1.44. The lowest BCUT2D eigenvalue weighted by atomic mass is 9.84. The third-order valence-electron chi connectivity index (χ3n) is 6.81. The lowest BCUT2D eigenvalue weighted by molar-refractivity contribution is 0.219. The van der Waals surface area contributed by atoms with Gasteiger partial charge in [0, 0.05) is 0 Å². The van der Waals surface area contributed by atoms with Gasteiger partial charge in [0.05, 0.1) is 12.1 Å². The van der Waals surface area contributed by atoms with E-state index < -0.39 is 0 Å². The van der Waals surface area contributed by atoms with Gasteiger partial charge >= 0.3 is 0 Å². The van der Waals surface area contributed by atoms with Crippen LogP contribution in [0.25, 0.3) is 0 Å². The lowest BCUT2D eigenvalue weighted by Crippen LogP contribution is -2.34. The van der Waals surface area contributed by atoms with E-state index in [1.54, 1.807) is 0 Å². The highest BCUT2D eigenvalue weighted by Gasteiger charge is 2.43. The predicted molar refractivity (Wildman–Crippen MR) is 101 cm³/mol. The average molecular weight is 347 g/mol. The van der Waals surface area contributed by atoms with Crippen LogP contribution in [0.4, 0.5) is 0 Å². The van der Waals surface area contributed by atoms with E-state index in [9.17, 15) is 0 Å². The fourth-order valence-corrected chi connectivity index (χ4v) is 5.07. The Hall–Kier alpha value is -1.06. The van der Waals surface area contributed by atoms with Crippen LogP contribution in [0.2, 0.25) is 0 Å². The molecule has 2 unspecified atom stereocenters. The third kappa shape index (κ3) is 3.59. The van der Waals surface area contributed by atoms with Gasteiger partial charge in [0.2, 0.25) is 0 Å². The maximum atomic E-state index is 6.07. The fourth-order valence-electron chi connectivity index (χ4n) is 5.07. The predicted octanol–water partition coefficient (Wildman–Crippen LogP) is 4.77. The summed E-state index contributed by atoms with van der Waals surface area (Å²) in [4.78, 5) is 10.00. The van der Waals surface area contributed by atoms with Gasteiger partial charge in [0.25, 0.3) is 0 Å².